The van der Waals surface area contributed by atoms with Crippen molar-refractivity contribution in [1.29, 1.82) is 0 Å². The van der Waals surface area contributed by atoms with Crippen molar-refractivity contribution in [2.24, 2.45) is 17.8 Å². The molecule has 1 atom stereocenters. The lowest BCUT2D eigenvalue weighted by molar-refractivity contribution is -0.119. The molecular formula is C27H36N6O6S. The van der Waals surface area contributed by atoms with Gasteiger partial charge in [-0.25, -0.2) is 0 Å². The minimum absolute atomic E-state index is 0.0571. The van der Waals surface area contributed by atoms with E-state index in [1.54, 1.807) is 16.9 Å². The van der Waals surface area contributed by atoms with Gasteiger partial charge < -0.3 is 10.6 Å². The van der Waals surface area contributed by atoms with Crippen LogP contribution in [0.15, 0.2) is 36.5 Å². The molecule has 12 nitrogen and oxygen atoms in total. The molecule has 0 radical (unpaired) electrons. The molecule has 5 rings (SSSR count). The number of nitrogens with one attached hydrogen (secondary N) is 3. The lowest BCUT2D eigenvalue weighted by atomic mass is 9.88. The molecule has 2 aliphatic rings. The van der Waals surface area contributed by atoms with Crippen molar-refractivity contribution in [3.8, 4) is 11.1 Å². The molecule has 2 heterocycles. The van der Waals surface area contributed by atoms with Gasteiger partial charge in [0.2, 0.25) is 5.91 Å². The van der Waals surface area contributed by atoms with Gasteiger partial charge in [-0.15, -0.1) is 0 Å². The standard InChI is InChI=1S/C27H34N6O2.H2O4S/c1-15(2)33-22(13-14-28-33)26(34)30-25(24(19-5-6-19)20-7-8-20)27(35)29-21-11-9-18(10-12-21)23-16(3)31-32-17(23)4;1-5(2,3)4/h9-15,19-20,24-25H,5-8H2,1-4H3,(H,29,35)(H,30,34)(H,31,32);(H2,1,2,3,4)/t25-;/m0./s1. The number of hydrogen-bond donors (Lipinski definition) is 5. The zero-order valence-corrected chi connectivity index (χ0v) is 23.8. The number of H-pyrrole nitrogens is 1. The van der Waals surface area contributed by atoms with Crippen LogP contribution < -0.4 is 10.6 Å². The van der Waals surface area contributed by atoms with Crippen LogP contribution in [0.25, 0.3) is 11.1 Å². The van der Waals surface area contributed by atoms with Gasteiger partial charge in [0, 0.05) is 29.2 Å². The Labute approximate surface area is 233 Å². The normalized spacial score (nSPS) is 15.9. The van der Waals surface area contributed by atoms with Gasteiger partial charge in [0.05, 0.1) is 5.69 Å². The Balaban J connectivity index is 0.000000681. The molecule has 216 valence electrons. The highest BCUT2D eigenvalue weighted by Gasteiger charge is 2.48. The number of hydrogen-bond acceptors (Lipinski definition) is 6. The molecule has 1 aromatic carbocycles. The first-order valence-corrected chi connectivity index (χ1v) is 14.7. The fraction of sp³-hybridized carbons (Fsp3) is 0.481. The maximum atomic E-state index is 13.6. The number of carbonyl (C=O) groups excluding carboxylic acids is 2. The molecule has 0 spiro atoms. The van der Waals surface area contributed by atoms with E-state index in [2.05, 4.69) is 25.9 Å². The predicted molar refractivity (Wildman–Crippen MR) is 149 cm³/mol. The number of aryl methyl sites for hydroxylation is 2. The summed E-state index contributed by atoms with van der Waals surface area (Å²) >= 11 is 0. The molecule has 2 amide bonds. The fourth-order valence-corrected chi connectivity index (χ4v) is 5.27. The lowest BCUT2D eigenvalue weighted by Crippen LogP contribution is -2.50. The van der Waals surface area contributed by atoms with Gasteiger partial charge >= 0.3 is 10.4 Å². The predicted octanol–water partition coefficient (Wildman–Crippen LogP) is 3.99. The number of carbonyl (C=O) groups is 2. The Morgan fingerprint density at radius 3 is 2.08 bits per heavy atom. The Morgan fingerprint density at radius 1 is 1.02 bits per heavy atom. The van der Waals surface area contributed by atoms with Crippen molar-refractivity contribution in [3.05, 3.63) is 53.6 Å². The second kappa shape index (κ2) is 11.9. The summed E-state index contributed by atoms with van der Waals surface area (Å²) < 4.78 is 33.3. The summed E-state index contributed by atoms with van der Waals surface area (Å²) in [5.41, 5.74) is 5.29. The second-order valence-electron chi connectivity index (χ2n) is 10.8. The van der Waals surface area contributed by atoms with E-state index in [4.69, 9.17) is 17.5 Å². The summed E-state index contributed by atoms with van der Waals surface area (Å²) in [5, 5.41) is 17.8. The van der Waals surface area contributed by atoms with E-state index < -0.39 is 16.4 Å². The Morgan fingerprint density at radius 2 is 1.60 bits per heavy atom. The monoisotopic (exact) mass is 572 g/mol. The van der Waals surface area contributed by atoms with Crippen LogP contribution in [0.4, 0.5) is 5.69 Å². The maximum Gasteiger partial charge on any atom is 0.394 e. The fourth-order valence-electron chi connectivity index (χ4n) is 5.27. The summed E-state index contributed by atoms with van der Waals surface area (Å²) in [6.45, 7) is 7.95. The topological polar surface area (TPSA) is 179 Å². The van der Waals surface area contributed by atoms with Crippen molar-refractivity contribution in [2.45, 2.75) is 65.5 Å². The molecule has 3 aromatic rings. The smallest absolute Gasteiger partial charge is 0.339 e. The minimum Gasteiger partial charge on any atom is -0.339 e. The lowest BCUT2D eigenvalue weighted by Gasteiger charge is -2.28. The van der Waals surface area contributed by atoms with Gasteiger partial charge in [-0.1, -0.05) is 12.1 Å². The van der Waals surface area contributed by atoms with Crippen LogP contribution in [0.3, 0.4) is 0 Å². The molecule has 2 aliphatic carbocycles. The van der Waals surface area contributed by atoms with Crippen molar-refractivity contribution < 1.29 is 27.1 Å². The number of rotatable bonds is 9. The summed E-state index contributed by atoms with van der Waals surface area (Å²) in [6.07, 6.45) is 6.14. The number of aromatic amines is 1. The quantitative estimate of drug-likeness (QED) is 0.239. The number of nitrogens with zero attached hydrogens (tertiary/aromatic N) is 3. The summed E-state index contributed by atoms with van der Waals surface area (Å²) in [6, 6.07) is 9.01. The van der Waals surface area contributed by atoms with Crippen LogP contribution in [0.2, 0.25) is 0 Å². The van der Waals surface area contributed by atoms with E-state index in [0.717, 1.165) is 53.9 Å². The van der Waals surface area contributed by atoms with E-state index in [-0.39, 0.29) is 23.8 Å². The third kappa shape index (κ3) is 7.55. The Kier molecular flexibility index (Phi) is 8.76. The SMILES string of the molecule is Cc1n[nH]c(C)c1-c1ccc(NC(=O)[C@@H](NC(=O)c2ccnn2C(C)C)C(C2CC2)C2CC2)cc1.O=S(=O)(O)O. The van der Waals surface area contributed by atoms with Gasteiger partial charge in [-0.05, 0) is 94.9 Å². The van der Waals surface area contributed by atoms with Crippen molar-refractivity contribution in [2.75, 3.05) is 5.32 Å². The van der Waals surface area contributed by atoms with Crippen LogP contribution >= 0.6 is 0 Å². The van der Waals surface area contributed by atoms with Gasteiger partial charge in [-0.2, -0.15) is 18.6 Å². The Bertz CT molecular complexity index is 1420. The van der Waals surface area contributed by atoms with Crippen LogP contribution in [0.1, 0.15) is 67.4 Å². The van der Waals surface area contributed by atoms with Crippen LogP contribution in [-0.4, -0.2) is 55.4 Å². The third-order valence-corrected chi connectivity index (χ3v) is 7.25. The van der Waals surface area contributed by atoms with E-state index in [9.17, 15) is 9.59 Å². The zero-order valence-electron chi connectivity index (χ0n) is 23.0. The average molecular weight is 573 g/mol. The first kappa shape index (κ1) is 29.4. The highest BCUT2D eigenvalue weighted by Crippen LogP contribution is 2.51. The molecule has 0 saturated heterocycles. The van der Waals surface area contributed by atoms with Crippen LogP contribution in [0.5, 0.6) is 0 Å². The van der Waals surface area contributed by atoms with Gasteiger partial charge in [0.1, 0.15) is 11.7 Å². The molecule has 2 aromatic heterocycles. The zero-order chi connectivity index (χ0) is 29.2. The summed E-state index contributed by atoms with van der Waals surface area (Å²) in [5.74, 6) is 0.779. The molecule has 2 saturated carbocycles. The largest absolute Gasteiger partial charge is 0.394 e. The molecule has 0 bridgehead atoms. The summed E-state index contributed by atoms with van der Waals surface area (Å²) in [4.78, 5) is 26.9. The number of aromatic nitrogens is 4. The molecular weight excluding hydrogens is 536 g/mol. The van der Waals surface area contributed by atoms with Gasteiger partial charge in [0.25, 0.3) is 5.91 Å². The van der Waals surface area contributed by atoms with Gasteiger partial charge in [0.15, 0.2) is 0 Å². The van der Waals surface area contributed by atoms with Crippen molar-refractivity contribution >= 4 is 27.9 Å². The van der Waals surface area contributed by atoms with Crippen LogP contribution in [-0.2, 0) is 15.2 Å². The number of anilines is 1. The number of amides is 2. The highest BCUT2D eigenvalue weighted by atomic mass is 32.3. The maximum absolute atomic E-state index is 13.6. The molecule has 40 heavy (non-hydrogen) atoms. The van der Waals surface area contributed by atoms with E-state index in [1.807, 2.05) is 52.0 Å². The minimum atomic E-state index is -4.67. The first-order chi connectivity index (χ1) is 18.8. The van der Waals surface area contributed by atoms with Crippen molar-refractivity contribution in [3.63, 3.8) is 0 Å². The second-order valence-corrected chi connectivity index (χ2v) is 11.7. The molecule has 2 fully saturated rings. The average Bonchev–Trinajstić information content (AvgIpc) is 3.80. The highest BCUT2D eigenvalue weighted by molar-refractivity contribution is 7.79. The van der Waals surface area contributed by atoms with E-state index >= 15 is 0 Å². The molecule has 0 unspecified atom stereocenters. The molecule has 5 N–H and O–H groups in total. The number of benzene rings is 1. The van der Waals surface area contributed by atoms with E-state index in [0.29, 0.717) is 17.5 Å². The third-order valence-electron chi connectivity index (χ3n) is 7.25. The molecule has 0 aliphatic heterocycles. The van der Waals surface area contributed by atoms with E-state index in [1.165, 1.54) is 0 Å². The first-order valence-electron chi connectivity index (χ1n) is 13.3. The van der Waals surface area contributed by atoms with Crippen molar-refractivity contribution in [1.82, 2.24) is 25.3 Å². The Hall–Kier alpha value is -3.55. The van der Waals surface area contributed by atoms with Gasteiger partial charge in [-0.3, -0.25) is 28.5 Å². The summed E-state index contributed by atoms with van der Waals surface area (Å²) in [7, 11) is -4.67. The molecule has 13 heteroatoms. The van der Waals surface area contributed by atoms with Crippen LogP contribution in [0, 0.1) is 31.6 Å².